The van der Waals surface area contributed by atoms with Crippen LogP contribution in [0.15, 0.2) is 24.3 Å². The monoisotopic (exact) mass is 188 g/mol. The zero-order valence-corrected chi connectivity index (χ0v) is 8.79. The molecule has 1 fully saturated rings. The van der Waals surface area contributed by atoms with Gasteiger partial charge in [0.2, 0.25) is 0 Å². The lowest BCUT2D eigenvalue weighted by molar-refractivity contribution is 0.330. The summed E-state index contributed by atoms with van der Waals surface area (Å²) in [6.45, 7) is 4.72. The molecule has 1 saturated heterocycles. The molecule has 1 aliphatic heterocycles. The Bertz CT molecular complexity index is 262. The van der Waals surface area contributed by atoms with Crippen LogP contribution in [0.3, 0.4) is 0 Å². The van der Waals surface area contributed by atoms with Crippen LogP contribution in [0.4, 0.5) is 0 Å². The van der Waals surface area contributed by atoms with Gasteiger partial charge in [-0.1, -0.05) is 31.2 Å². The summed E-state index contributed by atoms with van der Waals surface area (Å²) in [6, 6.07) is 11.6. The molecule has 1 nitrogen and oxygen atoms in total. The predicted octanol–water partition coefficient (Wildman–Crippen LogP) is 2.59. The van der Waals surface area contributed by atoms with E-state index >= 15 is 0 Å². The predicted molar refractivity (Wildman–Crippen MR) is 59.3 cm³/mol. The standard InChI is InChI=1S/C13H18N/c1-11(12-5-3-2-4-6-12)13-7-9-14-10-8-13/h2-3,5-6,11,13-14H,7-10H2,1H3. The van der Waals surface area contributed by atoms with Crippen molar-refractivity contribution in [2.45, 2.75) is 25.7 Å². The molecule has 75 valence electrons. The van der Waals surface area contributed by atoms with Crippen LogP contribution in [0, 0.1) is 12.0 Å². The topological polar surface area (TPSA) is 12.0 Å². The van der Waals surface area contributed by atoms with Crippen LogP contribution in [-0.4, -0.2) is 13.1 Å². The largest absolute Gasteiger partial charge is 0.317 e. The second-order valence-corrected chi connectivity index (χ2v) is 4.21. The lowest BCUT2D eigenvalue weighted by atomic mass is 9.82. The first-order valence-electron chi connectivity index (χ1n) is 5.54. The average Bonchev–Trinajstić information content (AvgIpc) is 2.30. The van der Waals surface area contributed by atoms with Crippen molar-refractivity contribution in [3.63, 3.8) is 0 Å². The molecule has 0 spiro atoms. The molecule has 1 aromatic carbocycles. The van der Waals surface area contributed by atoms with Crippen LogP contribution in [0.5, 0.6) is 0 Å². The Morgan fingerprint density at radius 2 is 2.21 bits per heavy atom. The maximum absolute atomic E-state index is 3.41. The number of rotatable bonds is 2. The Morgan fingerprint density at radius 1 is 1.43 bits per heavy atom. The van der Waals surface area contributed by atoms with Crippen LogP contribution >= 0.6 is 0 Å². The molecular weight excluding hydrogens is 170 g/mol. The van der Waals surface area contributed by atoms with E-state index in [4.69, 9.17) is 0 Å². The second-order valence-electron chi connectivity index (χ2n) is 4.21. The van der Waals surface area contributed by atoms with Gasteiger partial charge < -0.3 is 5.32 Å². The lowest BCUT2D eigenvalue weighted by Crippen LogP contribution is -2.30. The summed E-state index contributed by atoms with van der Waals surface area (Å²) in [5.41, 5.74) is 1.44. The number of benzene rings is 1. The molecule has 1 aliphatic rings. The molecule has 1 N–H and O–H groups in total. The van der Waals surface area contributed by atoms with Gasteiger partial charge in [-0.2, -0.15) is 0 Å². The number of hydrogen-bond acceptors (Lipinski definition) is 1. The minimum absolute atomic E-state index is 0.689. The Hall–Kier alpha value is -0.820. The summed E-state index contributed by atoms with van der Waals surface area (Å²) in [5, 5.41) is 3.41. The highest BCUT2D eigenvalue weighted by Crippen LogP contribution is 2.29. The minimum Gasteiger partial charge on any atom is -0.317 e. The molecule has 1 atom stereocenters. The minimum atomic E-state index is 0.689. The van der Waals surface area contributed by atoms with Crippen molar-refractivity contribution in [2.24, 2.45) is 5.92 Å². The first kappa shape index (κ1) is 9.72. The van der Waals surface area contributed by atoms with Crippen LogP contribution in [0.2, 0.25) is 0 Å². The molecule has 1 heterocycles. The SMILES string of the molecule is CC(c1c[c]ccc1)C1CCNCC1. The van der Waals surface area contributed by atoms with E-state index in [1.807, 2.05) is 6.07 Å². The normalized spacial score (nSPS) is 20.6. The van der Waals surface area contributed by atoms with Crippen molar-refractivity contribution in [1.82, 2.24) is 5.32 Å². The van der Waals surface area contributed by atoms with E-state index < -0.39 is 0 Å². The molecule has 2 rings (SSSR count). The molecule has 1 unspecified atom stereocenters. The fourth-order valence-corrected chi connectivity index (χ4v) is 2.31. The van der Waals surface area contributed by atoms with Crippen LogP contribution in [0.25, 0.3) is 0 Å². The molecular formula is C13H18N. The van der Waals surface area contributed by atoms with Crippen LogP contribution in [-0.2, 0) is 0 Å². The summed E-state index contributed by atoms with van der Waals surface area (Å²) >= 11 is 0. The third kappa shape index (κ3) is 2.16. The van der Waals surface area contributed by atoms with E-state index in [-0.39, 0.29) is 0 Å². The molecule has 1 radical (unpaired) electrons. The molecule has 14 heavy (non-hydrogen) atoms. The summed E-state index contributed by atoms with van der Waals surface area (Å²) in [7, 11) is 0. The van der Waals surface area contributed by atoms with Crippen molar-refractivity contribution in [2.75, 3.05) is 13.1 Å². The third-order valence-corrected chi connectivity index (χ3v) is 3.35. The van der Waals surface area contributed by atoms with Crippen molar-refractivity contribution < 1.29 is 0 Å². The van der Waals surface area contributed by atoms with Crippen molar-refractivity contribution >= 4 is 0 Å². The first-order valence-corrected chi connectivity index (χ1v) is 5.54. The Balaban J connectivity index is 2.03. The fourth-order valence-electron chi connectivity index (χ4n) is 2.31. The molecule has 0 bridgehead atoms. The van der Waals surface area contributed by atoms with Crippen LogP contribution < -0.4 is 5.32 Å². The van der Waals surface area contributed by atoms with Gasteiger partial charge in [0, 0.05) is 0 Å². The first-order chi connectivity index (χ1) is 6.88. The van der Waals surface area contributed by atoms with Gasteiger partial charge in [0.1, 0.15) is 0 Å². The highest BCUT2D eigenvalue weighted by molar-refractivity contribution is 5.18. The zero-order valence-electron chi connectivity index (χ0n) is 8.79. The van der Waals surface area contributed by atoms with E-state index in [0.717, 1.165) is 5.92 Å². The Labute approximate surface area is 86.5 Å². The summed E-state index contributed by atoms with van der Waals surface area (Å²) in [6.07, 6.45) is 2.63. The maximum Gasteiger partial charge on any atom is -0.00461 e. The molecule has 1 aromatic rings. The molecule has 0 saturated carbocycles. The van der Waals surface area contributed by atoms with E-state index in [2.05, 4.69) is 36.5 Å². The van der Waals surface area contributed by atoms with Gasteiger partial charge in [0.25, 0.3) is 0 Å². The van der Waals surface area contributed by atoms with Gasteiger partial charge in [0.05, 0.1) is 0 Å². The second kappa shape index (κ2) is 4.61. The smallest absolute Gasteiger partial charge is 0.00461 e. The zero-order chi connectivity index (χ0) is 9.80. The van der Waals surface area contributed by atoms with Gasteiger partial charge in [-0.25, -0.2) is 0 Å². The number of piperidine rings is 1. The van der Waals surface area contributed by atoms with Crippen molar-refractivity contribution in [3.05, 3.63) is 35.9 Å². The molecule has 1 heteroatoms. The van der Waals surface area contributed by atoms with Crippen molar-refractivity contribution in [1.29, 1.82) is 0 Å². The molecule has 0 aliphatic carbocycles. The number of hydrogen-bond donors (Lipinski definition) is 1. The third-order valence-electron chi connectivity index (χ3n) is 3.35. The quantitative estimate of drug-likeness (QED) is 0.752. The van der Waals surface area contributed by atoms with E-state index in [0.29, 0.717) is 5.92 Å². The highest BCUT2D eigenvalue weighted by Gasteiger charge is 2.20. The summed E-state index contributed by atoms with van der Waals surface area (Å²) in [5.74, 6) is 1.54. The maximum atomic E-state index is 3.41. The van der Waals surface area contributed by atoms with E-state index in [9.17, 15) is 0 Å². The average molecular weight is 188 g/mol. The summed E-state index contributed by atoms with van der Waals surface area (Å²) < 4.78 is 0. The van der Waals surface area contributed by atoms with Crippen LogP contribution in [0.1, 0.15) is 31.2 Å². The Kier molecular flexibility index (Phi) is 3.20. The van der Waals surface area contributed by atoms with E-state index in [1.165, 1.54) is 31.5 Å². The van der Waals surface area contributed by atoms with Gasteiger partial charge >= 0.3 is 0 Å². The van der Waals surface area contributed by atoms with Crippen molar-refractivity contribution in [3.8, 4) is 0 Å². The molecule has 0 aromatic heterocycles. The fraction of sp³-hybridized carbons (Fsp3) is 0.538. The summed E-state index contributed by atoms with van der Waals surface area (Å²) in [4.78, 5) is 0. The van der Waals surface area contributed by atoms with Gasteiger partial charge in [-0.3, -0.25) is 0 Å². The lowest BCUT2D eigenvalue weighted by Gasteiger charge is -2.28. The van der Waals surface area contributed by atoms with Gasteiger partial charge in [-0.05, 0) is 49.4 Å². The van der Waals surface area contributed by atoms with Gasteiger partial charge in [0.15, 0.2) is 0 Å². The molecule has 0 amide bonds. The van der Waals surface area contributed by atoms with E-state index in [1.54, 1.807) is 0 Å². The highest BCUT2D eigenvalue weighted by atomic mass is 14.9. The van der Waals surface area contributed by atoms with Gasteiger partial charge in [-0.15, -0.1) is 0 Å². The number of nitrogens with one attached hydrogen (secondary N) is 1. The Morgan fingerprint density at radius 3 is 2.86 bits per heavy atom.